The minimum absolute atomic E-state index is 0.0814. The number of hydrogen-bond acceptors (Lipinski definition) is 6. The van der Waals surface area contributed by atoms with Gasteiger partial charge in [-0.1, -0.05) is 0 Å². The zero-order valence-electron chi connectivity index (χ0n) is 13.0. The zero-order valence-corrected chi connectivity index (χ0v) is 13.9. The number of rotatable bonds is 3. The lowest BCUT2D eigenvalue weighted by Gasteiger charge is -2.31. The topological polar surface area (TPSA) is 101 Å². The minimum Gasteiger partial charge on any atom is -0.321 e. The van der Waals surface area contributed by atoms with Crippen LogP contribution in [-0.2, 0) is 24.0 Å². The van der Waals surface area contributed by atoms with Crippen molar-refractivity contribution in [2.24, 2.45) is 5.92 Å². The summed E-state index contributed by atoms with van der Waals surface area (Å²) in [5.41, 5.74) is 0. The second-order valence-corrected chi connectivity index (χ2v) is 8.33. The van der Waals surface area contributed by atoms with Gasteiger partial charge in [0.25, 0.3) is 23.6 Å². The molecule has 0 aliphatic carbocycles. The van der Waals surface area contributed by atoms with Gasteiger partial charge in [-0.25, -0.2) is 4.79 Å². The maximum Gasteiger partial charge on any atom is 0.372 e. The highest BCUT2D eigenvalue weighted by Crippen LogP contribution is 2.38. The third-order valence-corrected chi connectivity index (χ3v) is 6.58. The highest BCUT2D eigenvalue weighted by molar-refractivity contribution is 8.29. The van der Waals surface area contributed by atoms with Crippen LogP contribution in [0.15, 0.2) is 12.2 Å². The molecule has 2 fully saturated rings. The summed E-state index contributed by atoms with van der Waals surface area (Å²) in [7, 11) is -1.07. The molecule has 8 nitrogen and oxygen atoms in total. The molecule has 0 atom stereocenters. The molecule has 0 spiro atoms. The van der Waals surface area contributed by atoms with Crippen molar-refractivity contribution in [1.82, 2.24) is 9.96 Å². The first kappa shape index (κ1) is 16.7. The third kappa shape index (κ3) is 3.35. The number of hydrogen-bond donors (Lipinski definition) is 1. The number of imide groups is 2. The predicted octanol–water partition coefficient (Wildman–Crippen LogP) is 0.523. The number of nitrogens with zero attached hydrogens (tertiary/aromatic N) is 2. The summed E-state index contributed by atoms with van der Waals surface area (Å²) in [6, 6.07) is 0. The van der Waals surface area contributed by atoms with E-state index in [4.69, 9.17) is 4.84 Å². The number of amides is 4. The van der Waals surface area contributed by atoms with Crippen molar-refractivity contribution in [2.75, 3.05) is 18.1 Å². The van der Waals surface area contributed by atoms with Gasteiger partial charge in [0.05, 0.1) is 0 Å². The molecule has 9 heteroatoms. The monoisotopic (exact) mass is 354 g/mol. The smallest absolute Gasteiger partial charge is 0.321 e. The van der Waals surface area contributed by atoms with Crippen molar-refractivity contribution in [3.05, 3.63) is 12.2 Å². The summed E-state index contributed by atoms with van der Waals surface area (Å²) in [6.07, 6.45) is 4.11. The molecule has 4 amide bonds. The molecule has 2 saturated heterocycles. The molecule has 3 heterocycles. The maximum absolute atomic E-state index is 12.1. The molecule has 130 valence electrons. The molecule has 3 aliphatic heterocycles. The van der Waals surface area contributed by atoms with Gasteiger partial charge in [-0.2, -0.15) is 10.9 Å². The summed E-state index contributed by atoms with van der Waals surface area (Å²) >= 11 is 0. The minimum atomic E-state index is -1.07. The van der Waals surface area contributed by atoms with Crippen LogP contribution in [0.5, 0.6) is 0 Å². The lowest BCUT2D eigenvalue weighted by Crippen LogP contribution is -2.37. The molecule has 3 rings (SSSR count). The van der Waals surface area contributed by atoms with E-state index in [1.165, 1.54) is 17.1 Å². The average Bonchev–Trinajstić information content (AvgIpc) is 3.05. The molecule has 0 bridgehead atoms. The van der Waals surface area contributed by atoms with E-state index in [9.17, 15) is 24.0 Å². The van der Waals surface area contributed by atoms with Crippen LogP contribution in [0.1, 0.15) is 25.7 Å². The Bertz CT molecular complexity index is 604. The van der Waals surface area contributed by atoms with E-state index in [2.05, 4.69) is 0 Å². The molecular weight excluding hydrogens is 336 g/mol. The van der Waals surface area contributed by atoms with E-state index in [-0.39, 0.29) is 30.6 Å². The van der Waals surface area contributed by atoms with Crippen molar-refractivity contribution in [3.8, 4) is 0 Å². The first-order valence-electron chi connectivity index (χ1n) is 7.82. The summed E-state index contributed by atoms with van der Waals surface area (Å²) in [6.45, 7) is 0.367. The molecule has 0 radical (unpaired) electrons. The second-order valence-electron chi connectivity index (χ2n) is 5.99. The molecule has 0 N–H and O–H groups in total. The standard InChI is InChI=1S/C15H18N2O6S/c18-11-1-2-12(19)16(11)9-10-5-7-24(8-6-10)15(22)23-17-13(20)3-4-14(17)21/h1-2,10,24H,3-9H2. The second kappa shape index (κ2) is 6.76. The summed E-state index contributed by atoms with van der Waals surface area (Å²) in [5.74, 6) is -0.151. The summed E-state index contributed by atoms with van der Waals surface area (Å²) in [5, 5.41) is 0.0892. The lowest BCUT2D eigenvalue weighted by molar-refractivity contribution is -0.169. The van der Waals surface area contributed by atoms with Gasteiger partial charge in [-0.15, -0.1) is 5.06 Å². The Morgan fingerprint density at radius 1 is 1.04 bits per heavy atom. The van der Waals surface area contributed by atoms with Crippen LogP contribution in [0.3, 0.4) is 0 Å². The van der Waals surface area contributed by atoms with E-state index in [1.54, 1.807) is 0 Å². The predicted molar refractivity (Wildman–Crippen MR) is 84.9 cm³/mol. The van der Waals surface area contributed by atoms with Crippen molar-refractivity contribution < 1.29 is 28.8 Å². The van der Waals surface area contributed by atoms with Crippen LogP contribution >= 0.6 is 10.9 Å². The van der Waals surface area contributed by atoms with Gasteiger partial charge in [0.1, 0.15) is 0 Å². The molecule has 3 aliphatic rings. The van der Waals surface area contributed by atoms with Gasteiger partial charge in [-0.3, -0.25) is 24.1 Å². The molecular formula is C15H18N2O6S. The number of hydroxylamine groups is 2. The van der Waals surface area contributed by atoms with E-state index in [1.807, 2.05) is 0 Å². The molecule has 0 aromatic carbocycles. The first-order valence-corrected chi connectivity index (χ1v) is 9.53. The number of carbonyl (C=O) groups excluding carboxylic acids is 5. The third-order valence-electron chi connectivity index (χ3n) is 4.39. The van der Waals surface area contributed by atoms with Crippen LogP contribution in [0.2, 0.25) is 0 Å². The molecule has 0 aromatic rings. The van der Waals surface area contributed by atoms with Crippen LogP contribution in [0, 0.1) is 5.92 Å². The summed E-state index contributed by atoms with van der Waals surface area (Å²) < 4.78 is 0. The van der Waals surface area contributed by atoms with E-state index >= 15 is 0 Å². The first-order chi connectivity index (χ1) is 11.5. The Kier molecular flexibility index (Phi) is 4.70. The fourth-order valence-electron chi connectivity index (χ4n) is 2.96. The fraction of sp³-hybridized carbons (Fsp3) is 0.533. The van der Waals surface area contributed by atoms with E-state index in [0.29, 0.717) is 36.0 Å². The van der Waals surface area contributed by atoms with Gasteiger partial charge < -0.3 is 4.84 Å². The van der Waals surface area contributed by atoms with Crippen LogP contribution < -0.4 is 0 Å². The van der Waals surface area contributed by atoms with Gasteiger partial charge in [0.2, 0.25) is 0 Å². The molecule has 24 heavy (non-hydrogen) atoms. The largest absolute Gasteiger partial charge is 0.372 e. The van der Waals surface area contributed by atoms with Gasteiger partial charge >= 0.3 is 5.30 Å². The van der Waals surface area contributed by atoms with Gasteiger partial charge in [-0.05, 0) is 30.3 Å². The normalized spacial score (nSPS) is 28.8. The zero-order chi connectivity index (χ0) is 17.3. The van der Waals surface area contributed by atoms with Crippen molar-refractivity contribution in [1.29, 1.82) is 0 Å². The highest BCUT2D eigenvalue weighted by atomic mass is 32.2. The van der Waals surface area contributed by atoms with Crippen molar-refractivity contribution in [2.45, 2.75) is 25.7 Å². The summed E-state index contributed by atoms with van der Waals surface area (Å²) in [4.78, 5) is 64.4. The number of carbonyl (C=O) groups is 5. The van der Waals surface area contributed by atoms with Gasteiger partial charge in [0, 0.05) is 31.5 Å². The van der Waals surface area contributed by atoms with Crippen molar-refractivity contribution >= 4 is 39.8 Å². The van der Waals surface area contributed by atoms with Gasteiger partial charge in [0.15, 0.2) is 0 Å². The lowest BCUT2D eigenvalue weighted by atomic mass is 10.0. The van der Waals surface area contributed by atoms with E-state index < -0.39 is 28.0 Å². The Hall–Kier alpha value is -2.16. The van der Waals surface area contributed by atoms with Crippen LogP contribution in [-0.4, -0.2) is 56.9 Å². The Morgan fingerprint density at radius 2 is 1.58 bits per heavy atom. The molecule has 0 unspecified atom stereocenters. The Morgan fingerprint density at radius 3 is 2.12 bits per heavy atom. The Labute approximate surface area is 141 Å². The molecule has 0 saturated carbocycles. The van der Waals surface area contributed by atoms with E-state index in [0.717, 1.165) is 0 Å². The fourth-order valence-corrected chi connectivity index (χ4v) is 5.10. The maximum atomic E-state index is 12.1. The SMILES string of the molecule is O=C1C=CC(=O)N1CC1CC[SH](C(=O)ON2C(=O)CCC2=O)CC1. The van der Waals surface area contributed by atoms with Crippen molar-refractivity contribution in [3.63, 3.8) is 0 Å². The van der Waals surface area contributed by atoms with Crippen LogP contribution in [0.25, 0.3) is 0 Å². The van der Waals surface area contributed by atoms with Crippen LogP contribution in [0.4, 0.5) is 4.79 Å². The Balaban J connectivity index is 1.47. The average molecular weight is 354 g/mol. The number of thiol groups is 1. The quantitative estimate of drug-likeness (QED) is 0.586. The highest BCUT2D eigenvalue weighted by Gasteiger charge is 2.35. The molecule has 0 aromatic heterocycles.